The Bertz CT molecular complexity index is 3160. The van der Waals surface area contributed by atoms with E-state index in [-0.39, 0.29) is 48.1 Å². The molecule has 4 aliphatic heterocycles. The van der Waals surface area contributed by atoms with Crippen LogP contribution in [-0.4, -0.2) is 79.7 Å². The predicted molar refractivity (Wildman–Crippen MR) is 252 cm³/mol. The van der Waals surface area contributed by atoms with Crippen molar-refractivity contribution in [2.24, 2.45) is 10.2 Å². The first-order valence-corrected chi connectivity index (χ1v) is 23.2. The Kier molecular flexibility index (Phi) is 11.5. The van der Waals surface area contributed by atoms with Crippen molar-refractivity contribution >= 4 is 81.1 Å². The number of hydrogen-bond acceptors (Lipinski definition) is 13. The van der Waals surface area contributed by atoms with Crippen molar-refractivity contribution in [3.05, 3.63) is 139 Å². The summed E-state index contributed by atoms with van der Waals surface area (Å²) in [4.78, 5) is 82.5. The molecule has 344 valence electrons. The number of nitrogens with zero attached hydrogens (tertiary/aromatic N) is 7. The maximum atomic E-state index is 14.1. The third-order valence-electron chi connectivity index (χ3n) is 12.9. The molecule has 6 heterocycles. The van der Waals surface area contributed by atoms with Crippen molar-refractivity contribution in [2.75, 3.05) is 24.3 Å². The maximum absolute atomic E-state index is 14.1. The number of anilines is 2. The van der Waals surface area contributed by atoms with Crippen LogP contribution >= 0.6 is 22.9 Å². The Morgan fingerprint density at radius 1 is 0.838 bits per heavy atom. The lowest BCUT2D eigenvalue weighted by Crippen LogP contribution is -2.54. The number of imide groups is 2. The average molecular weight is 951 g/mol. The minimum Gasteiger partial charge on any atom is -0.483 e. The summed E-state index contributed by atoms with van der Waals surface area (Å²) in [6, 6.07) is 21.4. The van der Waals surface area contributed by atoms with Crippen molar-refractivity contribution in [3.63, 3.8) is 0 Å². The van der Waals surface area contributed by atoms with Crippen LogP contribution in [0.3, 0.4) is 0 Å². The molecule has 0 saturated carbocycles. The van der Waals surface area contributed by atoms with Gasteiger partial charge in [0.05, 0.1) is 34.6 Å². The molecule has 0 spiro atoms. The molecule has 1 saturated heterocycles. The molecule has 0 radical (unpaired) electrons. The van der Waals surface area contributed by atoms with Crippen LogP contribution in [0.15, 0.2) is 89.1 Å². The van der Waals surface area contributed by atoms with Crippen molar-refractivity contribution in [2.45, 2.75) is 71.0 Å². The van der Waals surface area contributed by atoms with Crippen LogP contribution in [-0.2, 0) is 32.0 Å². The Labute approximate surface area is 398 Å². The summed E-state index contributed by atoms with van der Waals surface area (Å²) in [5, 5.41) is 28.0. The summed E-state index contributed by atoms with van der Waals surface area (Å²) < 4.78 is 7.87. The first-order valence-electron chi connectivity index (χ1n) is 22.0. The van der Waals surface area contributed by atoms with E-state index in [9.17, 15) is 28.8 Å². The van der Waals surface area contributed by atoms with Gasteiger partial charge in [-0.3, -0.25) is 48.5 Å². The number of aromatic nitrogens is 3. The summed E-state index contributed by atoms with van der Waals surface area (Å²) in [5.41, 5.74) is 7.48. The van der Waals surface area contributed by atoms with E-state index in [0.29, 0.717) is 46.4 Å². The van der Waals surface area contributed by atoms with Gasteiger partial charge in [-0.15, -0.1) is 21.5 Å². The quantitative estimate of drug-likeness (QED) is 0.119. The molecular formula is C49H43ClN10O7S. The Morgan fingerprint density at radius 3 is 2.19 bits per heavy atom. The number of thiophene rings is 1. The largest absolute Gasteiger partial charge is 0.483 e. The van der Waals surface area contributed by atoms with Crippen LogP contribution in [0.5, 0.6) is 5.75 Å². The van der Waals surface area contributed by atoms with Gasteiger partial charge in [0.2, 0.25) is 17.7 Å². The van der Waals surface area contributed by atoms with Crippen LogP contribution in [0.1, 0.15) is 96.4 Å². The standard InChI is InChI=1S/C49H43ClN10O7S/c1-24-25(2)68-49-42(24)44(27-10-12-30(50)13-11-27)58(4)37(45-57-54-26(3)59(45)49)22-40(62)51-31-14-16-34-28(20-31)8-9-29-21-32(15-17-35(29)56-55-34)52-41(63)23-67-38-7-5-6-33-43(38)48(66)60(47(33)65)36-18-19-39(61)53-46(36)64/h5-7,10-17,20-21,36-37,44H,8-9,18-19,22-23H2,1-4H3,(H,51,62)(H,52,63)(H,53,61,64)/t36?,37-,44?/m0/s1. The van der Waals surface area contributed by atoms with Gasteiger partial charge in [-0.1, -0.05) is 29.8 Å². The SMILES string of the molecule is Cc1sc2c(c1C)C(c1ccc(Cl)cc1)N(C)[C@@H](CC(=O)Nc1ccc3c(c1)CCc1cc(NC(=O)COc4cccc5c4C(=O)N(C4CCC(=O)NC4=O)C5=O)ccc1N=N3)c1nnc(C)n1-2. The molecule has 17 nitrogen and oxygen atoms in total. The van der Waals surface area contributed by atoms with E-state index < -0.39 is 48.2 Å². The normalized spacial score (nSPS) is 18.6. The van der Waals surface area contributed by atoms with E-state index in [2.05, 4.69) is 59.7 Å². The topological polar surface area (TPSA) is 210 Å². The number of rotatable bonds is 9. The summed E-state index contributed by atoms with van der Waals surface area (Å²) in [5.74, 6) is -1.89. The lowest BCUT2D eigenvalue weighted by atomic mass is 9.94. The number of nitrogens with one attached hydrogen (secondary N) is 3. The molecule has 68 heavy (non-hydrogen) atoms. The van der Waals surface area contributed by atoms with Crippen molar-refractivity contribution in [3.8, 4) is 10.8 Å². The maximum Gasteiger partial charge on any atom is 0.266 e. The van der Waals surface area contributed by atoms with Gasteiger partial charge in [-0.25, -0.2) is 0 Å². The first-order chi connectivity index (χ1) is 32.7. The number of fused-ring (bicyclic) bond motifs is 6. The molecule has 2 aromatic heterocycles. The Balaban J connectivity index is 0.807. The van der Waals surface area contributed by atoms with Gasteiger partial charge in [-0.2, -0.15) is 10.2 Å². The van der Waals surface area contributed by atoms with Gasteiger partial charge in [0.25, 0.3) is 17.7 Å². The van der Waals surface area contributed by atoms with Crippen LogP contribution in [0.2, 0.25) is 5.02 Å². The van der Waals surface area contributed by atoms with Crippen molar-refractivity contribution in [1.82, 2.24) is 29.9 Å². The predicted octanol–water partition coefficient (Wildman–Crippen LogP) is 7.94. The second-order valence-electron chi connectivity index (χ2n) is 17.2. The number of carbonyl (C=O) groups is 6. The van der Waals surface area contributed by atoms with E-state index >= 15 is 0 Å². The van der Waals surface area contributed by atoms with Crippen molar-refractivity contribution < 1.29 is 33.5 Å². The number of azo groups is 1. The third kappa shape index (κ3) is 8.03. The van der Waals surface area contributed by atoms with E-state index in [4.69, 9.17) is 16.3 Å². The number of ether oxygens (including phenoxy) is 1. The van der Waals surface area contributed by atoms with Gasteiger partial charge < -0.3 is 15.4 Å². The van der Waals surface area contributed by atoms with Crippen LogP contribution < -0.4 is 20.7 Å². The van der Waals surface area contributed by atoms with Gasteiger partial charge in [0.1, 0.15) is 22.6 Å². The van der Waals surface area contributed by atoms with Crippen LogP contribution in [0, 0.1) is 20.8 Å². The highest BCUT2D eigenvalue weighted by Crippen LogP contribution is 2.47. The van der Waals surface area contributed by atoms with Gasteiger partial charge in [0.15, 0.2) is 12.4 Å². The molecule has 6 amide bonds. The smallest absolute Gasteiger partial charge is 0.266 e. The highest BCUT2D eigenvalue weighted by molar-refractivity contribution is 7.14. The fourth-order valence-electron chi connectivity index (χ4n) is 9.44. The minimum absolute atomic E-state index is 0.00963. The number of carbonyl (C=O) groups excluding carboxylic acids is 6. The second-order valence-corrected chi connectivity index (χ2v) is 18.8. The molecule has 3 N–H and O–H groups in total. The number of aryl methyl sites for hydroxylation is 4. The minimum atomic E-state index is -1.13. The molecule has 2 unspecified atom stereocenters. The first kappa shape index (κ1) is 44.4. The number of amides is 6. The molecule has 0 bridgehead atoms. The van der Waals surface area contributed by atoms with E-state index in [1.54, 1.807) is 23.5 Å². The molecule has 3 atom stereocenters. The van der Waals surface area contributed by atoms with Crippen LogP contribution in [0.4, 0.5) is 22.7 Å². The fourth-order valence-corrected chi connectivity index (χ4v) is 10.8. The summed E-state index contributed by atoms with van der Waals surface area (Å²) in [7, 11) is 2.02. The zero-order chi connectivity index (χ0) is 47.5. The van der Waals surface area contributed by atoms with Crippen LogP contribution in [0.25, 0.3) is 5.00 Å². The van der Waals surface area contributed by atoms with E-state index in [1.807, 2.05) is 62.5 Å². The second kappa shape index (κ2) is 17.7. The summed E-state index contributed by atoms with van der Waals surface area (Å²) in [6.07, 6.45) is 1.21. The lowest BCUT2D eigenvalue weighted by molar-refractivity contribution is -0.136. The summed E-state index contributed by atoms with van der Waals surface area (Å²) >= 11 is 8.03. The summed E-state index contributed by atoms with van der Waals surface area (Å²) in [6.45, 7) is 5.71. The number of halogens is 1. The number of benzene rings is 4. The molecule has 4 aromatic carbocycles. The highest BCUT2D eigenvalue weighted by Gasteiger charge is 2.46. The zero-order valence-corrected chi connectivity index (χ0v) is 38.8. The Hall–Kier alpha value is -7.41. The lowest BCUT2D eigenvalue weighted by Gasteiger charge is -2.33. The number of hydrogen-bond donors (Lipinski definition) is 3. The van der Waals surface area contributed by atoms with Gasteiger partial charge in [-0.05, 0) is 130 Å². The molecule has 0 aliphatic carbocycles. The van der Waals surface area contributed by atoms with Gasteiger partial charge >= 0.3 is 0 Å². The fraction of sp³-hybridized carbons (Fsp3) is 0.265. The number of piperidine rings is 1. The molecule has 6 aromatic rings. The van der Waals surface area contributed by atoms with Gasteiger partial charge in [0, 0.05) is 39.7 Å². The molecular weight excluding hydrogens is 908 g/mol. The molecule has 1 fully saturated rings. The highest BCUT2D eigenvalue weighted by atomic mass is 35.5. The zero-order valence-electron chi connectivity index (χ0n) is 37.3. The van der Waals surface area contributed by atoms with E-state index in [0.717, 1.165) is 38.0 Å². The molecule has 19 heteroatoms. The Morgan fingerprint density at radius 2 is 1.51 bits per heavy atom. The third-order valence-corrected chi connectivity index (χ3v) is 14.4. The molecule has 10 rings (SSSR count). The van der Waals surface area contributed by atoms with E-state index in [1.165, 1.54) is 28.6 Å². The monoisotopic (exact) mass is 950 g/mol. The molecule has 4 aliphatic rings. The van der Waals surface area contributed by atoms with Crippen molar-refractivity contribution in [1.29, 1.82) is 0 Å². The average Bonchev–Trinajstić information content (AvgIpc) is 3.89.